The maximum atomic E-state index is 12.4. The number of rotatable bonds is 6. The molecule has 0 aliphatic carbocycles. The number of hydrogen-bond acceptors (Lipinski definition) is 7. The molecule has 1 N–H and O–H groups in total. The first-order valence-corrected chi connectivity index (χ1v) is 9.55. The van der Waals surface area contributed by atoms with Crippen LogP contribution in [0.3, 0.4) is 0 Å². The summed E-state index contributed by atoms with van der Waals surface area (Å²) in [5, 5.41) is 21.3. The number of thioether (sulfide) groups is 1. The number of tetrazole rings is 1. The van der Waals surface area contributed by atoms with Gasteiger partial charge in [-0.15, -0.1) is 5.10 Å². The highest BCUT2D eigenvalue weighted by Gasteiger charge is 2.27. The molecule has 2 aromatic rings. The molecule has 1 aromatic heterocycles. The van der Waals surface area contributed by atoms with Gasteiger partial charge >= 0.3 is 5.97 Å². The Hall–Kier alpha value is -2.62. The van der Waals surface area contributed by atoms with Gasteiger partial charge in [-0.1, -0.05) is 17.8 Å². The van der Waals surface area contributed by atoms with Crippen LogP contribution in [0.2, 0.25) is 0 Å². The maximum Gasteiger partial charge on any atom is 0.306 e. The van der Waals surface area contributed by atoms with Gasteiger partial charge in [0, 0.05) is 13.1 Å². The molecule has 1 aliphatic rings. The normalized spacial score (nSPS) is 15.0. The number of aliphatic carboxylic acids is 1. The minimum Gasteiger partial charge on any atom is -0.494 e. The van der Waals surface area contributed by atoms with E-state index >= 15 is 0 Å². The average Bonchev–Trinajstić information content (AvgIpc) is 3.14. The van der Waals surface area contributed by atoms with Gasteiger partial charge in [0.2, 0.25) is 11.1 Å². The van der Waals surface area contributed by atoms with E-state index in [0.717, 1.165) is 5.56 Å². The number of aryl methyl sites for hydroxylation is 1. The minimum atomic E-state index is -0.789. The van der Waals surface area contributed by atoms with Crippen molar-refractivity contribution >= 4 is 23.6 Å². The van der Waals surface area contributed by atoms with Gasteiger partial charge in [0.15, 0.2) is 0 Å². The lowest BCUT2D eigenvalue weighted by molar-refractivity contribution is -0.145. The zero-order valence-electron chi connectivity index (χ0n) is 15.2. The summed E-state index contributed by atoms with van der Waals surface area (Å²) in [5.74, 6) is -0.372. The van der Waals surface area contributed by atoms with E-state index in [4.69, 9.17) is 9.84 Å². The van der Waals surface area contributed by atoms with Gasteiger partial charge in [0.1, 0.15) is 11.4 Å². The molecule has 27 heavy (non-hydrogen) atoms. The third kappa shape index (κ3) is 4.38. The molecule has 2 heterocycles. The number of likely N-dealkylation sites (tertiary alicyclic amines) is 1. The molecule has 1 amide bonds. The van der Waals surface area contributed by atoms with Crippen LogP contribution >= 0.6 is 11.8 Å². The number of carbonyl (C=O) groups excluding carboxylic acids is 1. The summed E-state index contributed by atoms with van der Waals surface area (Å²) in [5.41, 5.74) is 1.74. The smallest absolute Gasteiger partial charge is 0.306 e. The van der Waals surface area contributed by atoms with Crippen LogP contribution < -0.4 is 4.74 Å². The van der Waals surface area contributed by atoms with E-state index in [1.807, 2.05) is 25.1 Å². The SMILES string of the molecule is COc1ccc(C)cc1-n1nnnc1SCC(=O)N1CCC(C(=O)O)CC1. The summed E-state index contributed by atoms with van der Waals surface area (Å²) in [6, 6.07) is 5.69. The molecule has 0 spiro atoms. The quantitative estimate of drug-likeness (QED) is 0.736. The molecule has 0 atom stereocenters. The third-order valence-electron chi connectivity index (χ3n) is 4.53. The number of carboxylic acids is 1. The predicted octanol–water partition coefficient (Wildman–Crippen LogP) is 1.39. The summed E-state index contributed by atoms with van der Waals surface area (Å²) in [7, 11) is 1.58. The van der Waals surface area contributed by atoms with E-state index < -0.39 is 5.97 Å². The standard InChI is InChI=1S/C17H21N5O4S/c1-11-3-4-14(26-2)13(9-11)22-17(18-19-20-22)27-10-15(23)21-7-5-12(6-8-21)16(24)25/h3-4,9,12H,5-8,10H2,1-2H3,(H,24,25). The van der Waals surface area contributed by atoms with Gasteiger partial charge in [0.25, 0.3) is 0 Å². The van der Waals surface area contributed by atoms with Crippen molar-refractivity contribution in [3.63, 3.8) is 0 Å². The number of piperidine rings is 1. The highest BCUT2D eigenvalue weighted by atomic mass is 32.2. The van der Waals surface area contributed by atoms with Crippen molar-refractivity contribution in [2.75, 3.05) is 26.0 Å². The first-order valence-electron chi connectivity index (χ1n) is 8.56. The molecule has 1 saturated heterocycles. The van der Waals surface area contributed by atoms with Crippen LogP contribution in [0.4, 0.5) is 0 Å². The highest BCUT2D eigenvalue weighted by molar-refractivity contribution is 7.99. The lowest BCUT2D eigenvalue weighted by Crippen LogP contribution is -2.41. The fourth-order valence-electron chi connectivity index (χ4n) is 2.98. The number of aromatic nitrogens is 4. The van der Waals surface area contributed by atoms with Crippen LogP contribution in [-0.2, 0) is 9.59 Å². The van der Waals surface area contributed by atoms with E-state index in [0.29, 0.717) is 42.5 Å². The first-order chi connectivity index (χ1) is 13.0. The molecule has 0 radical (unpaired) electrons. The van der Waals surface area contributed by atoms with Crippen LogP contribution in [0.25, 0.3) is 5.69 Å². The second-order valence-corrected chi connectivity index (χ2v) is 7.27. The summed E-state index contributed by atoms with van der Waals surface area (Å²) in [6.07, 6.45) is 0.980. The van der Waals surface area contributed by atoms with E-state index in [-0.39, 0.29) is 17.6 Å². The molecule has 0 unspecified atom stereocenters. The zero-order valence-corrected chi connectivity index (χ0v) is 16.0. The van der Waals surface area contributed by atoms with Crippen molar-refractivity contribution in [2.45, 2.75) is 24.9 Å². The number of ether oxygens (including phenoxy) is 1. The van der Waals surface area contributed by atoms with Gasteiger partial charge in [0.05, 0.1) is 18.8 Å². The van der Waals surface area contributed by atoms with Gasteiger partial charge < -0.3 is 14.7 Å². The monoisotopic (exact) mass is 391 g/mol. The van der Waals surface area contributed by atoms with Gasteiger partial charge in [-0.3, -0.25) is 9.59 Å². The number of carboxylic acid groups (broad SMARTS) is 1. The Labute approximate surface area is 160 Å². The summed E-state index contributed by atoms with van der Waals surface area (Å²) < 4.78 is 6.94. The van der Waals surface area contributed by atoms with E-state index in [2.05, 4.69) is 15.5 Å². The van der Waals surface area contributed by atoms with Crippen LogP contribution in [0.15, 0.2) is 23.4 Å². The molecular formula is C17H21N5O4S. The average molecular weight is 391 g/mol. The van der Waals surface area contributed by atoms with Crippen molar-refractivity contribution in [3.8, 4) is 11.4 Å². The molecule has 1 fully saturated rings. The number of nitrogens with zero attached hydrogens (tertiary/aromatic N) is 5. The van der Waals surface area contributed by atoms with E-state index in [9.17, 15) is 9.59 Å². The van der Waals surface area contributed by atoms with Crippen LogP contribution in [0.5, 0.6) is 5.75 Å². The summed E-state index contributed by atoms with van der Waals surface area (Å²) in [6.45, 7) is 2.89. The Bertz CT molecular complexity index is 832. The Morgan fingerprint density at radius 1 is 1.33 bits per heavy atom. The lowest BCUT2D eigenvalue weighted by Gasteiger charge is -2.30. The lowest BCUT2D eigenvalue weighted by atomic mass is 9.97. The largest absolute Gasteiger partial charge is 0.494 e. The molecule has 0 saturated carbocycles. The van der Waals surface area contributed by atoms with Crippen LogP contribution in [0, 0.1) is 12.8 Å². The molecular weight excluding hydrogens is 370 g/mol. The van der Waals surface area contributed by atoms with Gasteiger partial charge in [-0.2, -0.15) is 4.68 Å². The molecule has 3 rings (SSSR count). The van der Waals surface area contributed by atoms with E-state index in [1.165, 1.54) is 11.8 Å². The van der Waals surface area contributed by atoms with E-state index in [1.54, 1.807) is 16.7 Å². The van der Waals surface area contributed by atoms with Crippen molar-refractivity contribution in [1.29, 1.82) is 0 Å². The van der Waals surface area contributed by atoms with Gasteiger partial charge in [-0.05, 0) is 47.9 Å². The highest BCUT2D eigenvalue weighted by Crippen LogP contribution is 2.27. The minimum absolute atomic E-state index is 0.0467. The summed E-state index contributed by atoms with van der Waals surface area (Å²) >= 11 is 1.25. The molecule has 1 aliphatic heterocycles. The first kappa shape index (κ1) is 19.2. The van der Waals surface area contributed by atoms with Crippen LogP contribution in [0.1, 0.15) is 18.4 Å². The number of hydrogen-bond donors (Lipinski definition) is 1. The topological polar surface area (TPSA) is 110 Å². The molecule has 9 nitrogen and oxygen atoms in total. The Kier molecular flexibility index (Phi) is 5.94. The Balaban J connectivity index is 1.65. The van der Waals surface area contributed by atoms with Crippen molar-refractivity contribution in [1.82, 2.24) is 25.1 Å². The van der Waals surface area contributed by atoms with Crippen molar-refractivity contribution in [2.24, 2.45) is 5.92 Å². The Morgan fingerprint density at radius 2 is 2.07 bits per heavy atom. The molecule has 1 aromatic carbocycles. The maximum absolute atomic E-state index is 12.4. The van der Waals surface area contributed by atoms with Crippen molar-refractivity contribution in [3.05, 3.63) is 23.8 Å². The molecule has 0 bridgehead atoms. The van der Waals surface area contributed by atoms with Gasteiger partial charge in [-0.25, -0.2) is 0 Å². The fourth-order valence-corrected chi connectivity index (χ4v) is 3.77. The van der Waals surface area contributed by atoms with Crippen LogP contribution in [-0.4, -0.2) is 68.0 Å². The Morgan fingerprint density at radius 3 is 2.74 bits per heavy atom. The number of benzene rings is 1. The predicted molar refractivity (Wildman–Crippen MR) is 98.1 cm³/mol. The number of amides is 1. The summed E-state index contributed by atoms with van der Waals surface area (Å²) in [4.78, 5) is 25.2. The second kappa shape index (κ2) is 8.38. The number of methoxy groups -OCH3 is 1. The number of carbonyl (C=O) groups is 2. The zero-order chi connectivity index (χ0) is 19.4. The molecule has 10 heteroatoms. The van der Waals surface area contributed by atoms with Crippen molar-refractivity contribution < 1.29 is 19.4 Å². The fraction of sp³-hybridized carbons (Fsp3) is 0.471. The second-order valence-electron chi connectivity index (χ2n) is 6.33. The molecule has 144 valence electrons. The third-order valence-corrected chi connectivity index (χ3v) is 5.43.